The highest BCUT2D eigenvalue weighted by Crippen LogP contribution is 2.27. The molecular weight excluding hydrogens is 390 g/mol. The van der Waals surface area contributed by atoms with Crippen molar-refractivity contribution in [2.24, 2.45) is 0 Å². The van der Waals surface area contributed by atoms with Crippen molar-refractivity contribution in [2.45, 2.75) is 0 Å². The average Bonchev–Trinajstić information content (AvgIpc) is 2.64. The lowest BCUT2D eigenvalue weighted by atomic mass is 10.2. The third-order valence-electron chi connectivity index (χ3n) is 3.70. The van der Waals surface area contributed by atoms with E-state index in [1.54, 1.807) is 36.4 Å². The maximum atomic E-state index is 13.8. The van der Waals surface area contributed by atoms with Gasteiger partial charge in [-0.15, -0.1) is 0 Å². The number of hydrogen-bond acceptors (Lipinski definition) is 2. The molecule has 0 aliphatic rings. The zero-order valence-electron chi connectivity index (χ0n) is 13.8. The van der Waals surface area contributed by atoms with Gasteiger partial charge >= 0.3 is 0 Å². The molecule has 27 heavy (non-hydrogen) atoms. The van der Waals surface area contributed by atoms with Crippen LogP contribution in [0.15, 0.2) is 66.7 Å². The van der Waals surface area contributed by atoms with E-state index in [9.17, 15) is 14.0 Å². The normalized spacial score (nSPS) is 10.3. The lowest BCUT2D eigenvalue weighted by Crippen LogP contribution is -2.15. The Balaban J connectivity index is 1.75. The number of anilines is 2. The second-order valence-electron chi connectivity index (χ2n) is 5.57. The van der Waals surface area contributed by atoms with Crippen molar-refractivity contribution in [2.75, 3.05) is 10.6 Å². The summed E-state index contributed by atoms with van der Waals surface area (Å²) in [5.74, 6) is -1.74. The second kappa shape index (κ2) is 8.20. The molecule has 0 aromatic heterocycles. The smallest absolute Gasteiger partial charge is 0.260 e. The SMILES string of the molecule is O=C(Nc1ccc(NC(=O)c2c(F)cccc2Cl)cc1Cl)c1ccccc1. The zero-order chi connectivity index (χ0) is 19.4. The van der Waals surface area contributed by atoms with Crippen LogP contribution in [0.25, 0.3) is 0 Å². The van der Waals surface area contributed by atoms with Crippen LogP contribution in [0, 0.1) is 5.82 Å². The predicted octanol–water partition coefficient (Wildman–Crippen LogP) is 5.64. The van der Waals surface area contributed by atoms with Gasteiger partial charge in [0.15, 0.2) is 0 Å². The molecular formula is C20H13Cl2FN2O2. The molecule has 0 radical (unpaired) electrons. The number of carbonyl (C=O) groups excluding carboxylic acids is 2. The van der Waals surface area contributed by atoms with Crippen LogP contribution in [0.4, 0.5) is 15.8 Å². The van der Waals surface area contributed by atoms with Crippen molar-refractivity contribution < 1.29 is 14.0 Å². The molecule has 3 aromatic rings. The molecule has 2 N–H and O–H groups in total. The highest BCUT2D eigenvalue weighted by atomic mass is 35.5. The average molecular weight is 403 g/mol. The summed E-state index contributed by atoms with van der Waals surface area (Å²) < 4.78 is 13.8. The van der Waals surface area contributed by atoms with Gasteiger partial charge in [0, 0.05) is 11.3 Å². The summed E-state index contributed by atoms with van der Waals surface area (Å²) in [4.78, 5) is 24.5. The first-order valence-electron chi connectivity index (χ1n) is 7.87. The first kappa shape index (κ1) is 18.9. The summed E-state index contributed by atoms with van der Waals surface area (Å²) in [7, 11) is 0. The van der Waals surface area contributed by atoms with E-state index in [2.05, 4.69) is 10.6 Å². The first-order chi connectivity index (χ1) is 13.0. The minimum atomic E-state index is -0.724. The molecule has 0 aliphatic carbocycles. The first-order valence-corrected chi connectivity index (χ1v) is 8.62. The van der Waals surface area contributed by atoms with Gasteiger partial charge in [-0.3, -0.25) is 9.59 Å². The number of halogens is 3. The molecule has 3 aromatic carbocycles. The number of rotatable bonds is 4. The van der Waals surface area contributed by atoms with E-state index < -0.39 is 11.7 Å². The molecule has 0 atom stereocenters. The van der Waals surface area contributed by atoms with Gasteiger partial charge in [0.1, 0.15) is 5.82 Å². The molecule has 0 saturated carbocycles. The Morgan fingerprint density at radius 2 is 1.52 bits per heavy atom. The van der Waals surface area contributed by atoms with E-state index in [0.717, 1.165) is 6.07 Å². The van der Waals surface area contributed by atoms with Gasteiger partial charge in [-0.05, 0) is 42.5 Å². The van der Waals surface area contributed by atoms with Crippen molar-refractivity contribution in [3.05, 3.63) is 93.7 Å². The standard InChI is InChI=1S/C20H13Cl2FN2O2/c21-14-7-4-8-16(23)18(14)20(27)24-13-9-10-17(15(22)11-13)25-19(26)12-5-2-1-3-6-12/h1-11H,(H,24,27)(H,25,26). The van der Waals surface area contributed by atoms with E-state index in [-0.39, 0.29) is 21.5 Å². The zero-order valence-corrected chi connectivity index (χ0v) is 15.3. The molecule has 0 unspecified atom stereocenters. The molecule has 2 amide bonds. The fourth-order valence-corrected chi connectivity index (χ4v) is 2.86. The Morgan fingerprint density at radius 3 is 2.19 bits per heavy atom. The van der Waals surface area contributed by atoms with Crippen LogP contribution in [0.1, 0.15) is 20.7 Å². The highest BCUT2D eigenvalue weighted by Gasteiger charge is 2.16. The van der Waals surface area contributed by atoms with Crippen LogP contribution in [0.2, 0.25) is 10.0 Å². The molecule has 4 nitrogen and oxygen atoms in total. The number of amides is 2. The minimum Gasteiger partial charge on any atom is -0.322 e. The molecule has 136 valence electrons. The summed E-state index contributed by atoms with van der Waals surface area (Å²) >= 11 is 12.1. The van der Waals surface area contributed by atoms with Gasteiger partial charge in [0.05, 0.1) is 21.3 Å². The van der Waals surface area contributed by atoms with E-state index >= 15 is 0 Å². The summed E-state index contributed by atoms with van der Waals surface area (Å²) in [6, 6.07) is 17.2. The molecule has 0 saturated heterocycles. The lowest BCUT2D eigenvalue weighted by Gasteiger charge is -2.11. The fourth-order valence-electron chi connectivity index (χ4n) is 2.39. The third-order valence-corrected chi connectivity index (χ3v) is 4.33. The van der Waals surface area contributed by atoms with Gasteiger partial charge in [0.2, 0.25) is 0 Å². The summed E-state index contributed by atoms with van der Waals surface area (Å²) in [6.45, 7) is 0. The second-order valence-corrected chi connectivity index (χ2v) is 6.38. The van der Waals surface area contributed by atoms with E-state index in [4.69, 9.17) is 23.2 Å². The maximum Gasteiger partial charge on any atom is 0.260 e. The molecule has 0 bridgehead atoms. The Kier molecular flexibility index (Phi) is 5.74. The number of hydrogen-bond donors (Lipinski definition) is 2. The van der Waals surface area contributed by atoms with Gasteiger partial charge in [-0.1, -0.05) is 47.5 Å². The van der Waals surface area contributed by atoms with E-state index in [1.807, 2.05) is 6.07 Å². The molecule has 7 heteroatoms. The van der Waals surface area contributed by atoms with Crippen molar-refractivity contribution >= 4 is 46.4 Å². The van der Waals surface area contributed by atoms with Crippen molar-refractivity contribution in [1.82, 2.24) is 0 Å². The summed E-state index contributed by atoms with van der Waals surface area (Å²) in [5.41, 5.74) is 0.950. The number of nitrogens with one attached hydrogen (secondary N) is 2. The van der Waals surface area contributed by atoms with Crippen LogP contribution >= 0.6 is 23.2 Å². The fraction of sp³-hybridized carbons (Fsp3) is 0. The molecule has 3 rings (SSSR count). The molecule has 0 heterocycles. The largest absolute Gasteiger partial charge is 0.322 e. The van der Waals surface area contributed by atoms with Crippen molar-refractivity contribution in [1.29, 1.82) is 0 Å². The monoisotopic (exact) mass is 402 g/mol. The topological polar surface area (TPSA) is 58.2 Å². The van der Waals surface area contributed by atoms with E-state index in [0.29, 0.717) is 16.9 Å². The number of benzene rings is 3. The van der Waals surface area contributed by atoms with Gasteiger partial charge in [0.25, 0.3) is 11.8 Å². The maximum absolute atomic E-state index is 13.8. The van der Waals surface area contributed by atoms with Gasteiger partial charge < -0.3 is 10.6 Å². The Bertz CT molecular complexity index is 990. The van der Waals surface area contributed by atoms with Crippen LogP contribution in [0.3, 0.4) is 0 Å². The highest BCUT2D eigenvalue weighted by molar-refractivity contribution is 6.35. The summed E-state index contributed by atoms with van der Waals surface area (Å²) in [5, 5.41) is 5.45. The minimum absolute atomic E-state index is 0.00495. The lowest BCUT2D eigenvalue weighted by molar-refractivity contribution is 0.101. The predicted molar refractivity (Wildman–Crippen MR) is 105 cm³/mol. The third kappa shape index (κ3) is 4.45. The molecule has 0 aliphatic heterocycles. The van der Waals surface area contributed by atoms with Crippen LogP contribution in [0.5, 0.6) is 0 Å². The van der Waals surface area contributed by atoms with E-state index in [1.165, 1.54) is 18.2 Å². The Morgan fingerprint density at radius 1 is 0.778 bits per heavy atom. The van der Waals surface area contributed by atoms with Crippen LogP contribution < -0.4 is 10.6 Å². The van der Waals surface area contributed by atoms with Crippen molar-refractivity contribution in [3.8, 4) is 0 Å². The van der Waals surface area contributed by atoms with Crippen LogP contribution in [-0.4, -0.2) is 11.8 Å². The number of carbonyl (C=O) groups is 2. The quantitative estimate of drug-likeness (QED) is 0.593. The molecule has 0 fully saturated rings. The van der Waals surface area contributed by atoms with Gasteiger partial charge in [-0.2, -0.15) is 0 Å². The summed E-state index contributed by atoms with van der Waals surface area (Å²) in [6.07, 6.45) is 0. The molecule has 0 spiro atoms. The van der Waals surface area contributed by atoms with Gasteiger partial charge in [-0.25, -0.2) is 4.39 Å². The Labute approximate surface area is 164 Å². The van der Waals surface area contributed by atoms with Crippen LogP contribution in [-0.2, 0) is 0 Å². The van der Waals surface area contributed by atoms with Crippen molar-refractivity contribution in [3.63, 3.8) is 0 Å². The Hall–Kier alpha value is -2.89.